The number of pyridine rings is 1. The Kier molecular flexibility index (Phi) is 4.65. The molecule has 2 aromatic rings. The minimum absolute atomic E-state index is 0.0850. The number of rotatable bonds is 5. The zero-order valence-corrected chi connectivity index (χ0v) is 12.0. The van der Waals surface area contributed by atoms with Crippen LogP contribution in [0.4, 0.5) is 5.69 Å². The van der Waals surface area contributed by atoms with Crippen LogP contribution in [0.25, 0.3) is 0 Å². The first-order valence-electron chi connectivity index (χ1n) is 5.32. The van der Waals surface area contributed by atoms with Crippen molar-refractivity contribution in [2.45, 2.75) is 16.7 Å². The standard InChI is InChI=1S/C9H7ClN6O4S/c1-20-7(17)4-15-9(12-13-14-15)21-8-6(10)2-5(3-11-8)16(18)19/h2-3H,4H2,1H3. The second kappa shape index (κ2) is 6.45. The maximum atomic E-state index is 11.2. The van der Waals surface area contributed by atoms with E-state index in [0.29, 0.717) is 0 Å². The molecule has 2 aromatic heterocycles. The molecule has 0 aliphatic heterocycles. The van der Waals surface area contributed by atoms with Crippen LogP contribution in [0.3, 0.4) is 0 Å². The van der Waals surface area contributed by atoms with Crippen molar-refractivity contribution in [3.05, 3.63) is 27.4 Å². The summed E-state index contributed by atoms with van der Waals surface area (Å²) in [6, 6.07) is 1.17. The average molecular weight is 331 g/mol. The normalized spacial score (nSPS) is 10.4. The molecule has 21 heavy (non-hydrogen) atoms. The fourth-order valence-electron chi connectivity index (χ4n) is 1.23. The third kappa shape index (κ3) is 3.64. The highest BCUT2D eigenvalue weighted by Gasteiger charge is 2.16. The highest BCUT2D eigenvalue weighted by Crippen LogP contribution is 2.31. The highest BCUT2D eigenvalue weighted by molar-refractivity contribution is 7.99. The number of nitro groups is 1. The number of carbonyl (C=O) groups is 1. The van der Waals surface area contributed by atoms with E-state index in [-0.39, 0.29) is 27.4 Å². The molecular weight excluding hydrogens is 324 g/mol. The largest absolute Gasteiger partial charge is 0.468 e. The Balaban J connectivity index is 2.21. The van der Waals surface area contributed by atoms with Crippen molar-refractivity contribution >= 4 is 35.0 Å². The van der Waals surface area contributed by atoms with Gasteiger partial charge in [-0.3, -0.25) is 14.9 Å². The van der Waals surface area contributed by atoms with Gasteiger partial charge >= 0.3 is 5.97 Å². The molecule has 0 saturated carbocycles. The van der Waals surface area contributed by atoms with E-state index >= 15 is 0 Å². The fraction of sp³-hybridized carbons (Fsp3) is 0.222. The number of nitrogens with zero attached hydrogens (tertiary/aromatic N) is 6. The van der Waals surface area contributed by atoms with Crippen LogP contribution in [-0.2, 0) is 16.1 Å². The molecular formula is C9H7ClN6O4S. The minimum atomic E-state index is -0.603. The molecule has 0 aliphatic rings. The SMILES string of the molecule is COC(=O)Cn1nnnc1Sc1ncc([N+](=O)[O-])cc1Cl. The summed E-state index contributed by atoms with van der Waals surface area (Å²) in [5.41, 5.74) is -0.224. The van der Waals surface area contributed by atoms with Gasteiger partial charge in [0.05, 0.1) is 17.1 Å². The molecule has 0 atom stereocenters. The van der Waals surface area contributed by atoms with Gasteiger partial charge in [0.15, 0.2) is 0 Å². The van der Waals surface area contributed by atoms with Gasteiger partial charge in [-0.05, 0) is 22.2 Å². The number of tetrazole rings is 1. The molecule has 2 heterocycles. The van der Waals surface area contributed by atoms with Gasteiger partial charge in [-0.1, -0.05) is 11.6 Å². The van der Waals surface area contributed by atoms with Gasteiger partial charge in [-0.2, -0.15) is 0 Å². The second-order valence-corrected chi connectivity index (χ2v) is 4.90. The van der Waals surface area contributed by atoms with E-state index in [4.69, 9.17) is 11.6 Å². The van der Waals surface area contributed by atoms with Crippen LogP contribution in [-0.4, -0.2) is 43.2 Å². The van der Waals surface area contributed by atoms with E-state index in [1.54, 1.807) is 0 Å². The van der Waals surface area contributed by atoms with Crippen molar-refractivity contribution in [2.75, 3.05) is 7.11 Å². The number of halogens is 1. The van der Waals surface area contributed by atoms with Gasteiger partial charge in [0, 0.05) is 6.07 Å². The lowest BCUT2D eigenvalue weighted by Crippen LogP contribution is -2.13. The summed E-state index contributed by atoms with van der Waals surface area (Å²) in [4.78, 5) is 25.1. The van der Waals surface area contributed by atoms with E-state index in [1.165, 1.54) is 17.9 Å². The molecule has 10 nitrogen and oxygen atoms in total. The topological polar surface area (TPSA) is 126 Å². The summed E-state index contributed by atoms with van der Waals surface area (Å²) in [7, 11) is 1.24. The molecule has 2 rings (SSSR count). The lowest BCUT2D eigenvalue weighted by atomic mass is 10.4. The first-order chi connectivity index (χ1) is 10.0. The van der Waals surface area contributed by atoms with Crippen molar-refractivity contribution in [1.82, 2.24) is 25.2 Å². The van der Waals surface area contributed by atoms with Crippen molar-refractivity contribution in [3.63, 3.8) is 0 Å². The van der Waals surface area contributed by atoms with E-state index in [2.05, 4.69) is 25.2 Å². The van der Waals surface area contributed by atoms with Gasteiger partial charge < -0.3 is 4.74 Å². The third-order valence-corrected chi connectivity index (χ3v) is 3.59. The molecule has 0 aliphatic carbocycles. The number of methoxy groups -OCH3 is 1. The zero-order valence-electron chi connectivity index (χ0n) is 10.5. The Morgan fingerprint density at radius 2 is 2.38 bits per heavy atom. The molecule has 0 fully saturated rings. The number of esters is 1. The predicted octanol–water partition coefficient (Wildman–Crippen LogP) is 0.954. The Morgan fingerprint density at radius 3 is 3.00 bits per heavy atom. The van der Waals surface area contributed by atoms with E-state index < -0.39 is 10.9 Å². The number of hydrogen-bond donors (Lipinski definition) is 0. The summed E-state index contributed by atoms with van der Waals surface area (Å²) in [5, 5.41) is 22.0. The van der Waals surface area contributed by atoms with Crippen LogP contribution in [0.5, 0.6) is 0 Å². The molecule has 12 heteroatoms. The number of hydrogen-bond acceptors (Lipinski definition) is 9. The number of carbonyl (C=O) groups excluding carboxylic acids is 1. The van der Waals surface area contributed by atoms with Crippen LogP contribution in [0.1, 0.15) is 0 Å². The van der Waals surface area contributed by atoms with E-state index in [0.717, 1.165) is 18.0 Å². The molecule has 0 unspecified atom stereocenters. The molecule has 0 bridgehead atoms. The molecule has 0 saturated heterocycles. The summed E-state index contributed by atoms with van der Waals surface area (Å²) in [5.74, 6) is -0.521. The van der Waals surface area contributed by atoms with Gasteiger partial charge in [0.1, 0.15) is 17.8 Å². The number of ether oxygens (including phenoxy) is 1. The molecule has 0 radical (unpaired) electrons. The first kappa shape index (κ1) is 15.1. The summed E-state index contributed by atoms with van der Waals surface area (Å²) in [6.45, 7) is -0.170. The van der Waals surface area contributed by atoms with Gasteiger partial charge in [-0.15, -0.1) is 5.10 Å². The molecule has 0 aromatic carbocycles. The van der Waals surface area contributed by atoms with Crippen molar-refractivity contribution in [3.8, 4) is 0 Å². The smallest absolute Gasteiger partial charge is 0.327 e. The zero-order chi connectivity index (χ0) is 15.4. The van der Waals surface area contributed by atoms with Crippen LogP contribution < -0.4 is 0 Å². The lowest BCUT2D eigenvalue weighted by Gasteiger charge is -2.03. The van der Waals surface area contributed by atoms with Crippen molar-refractivity contribution in [1.29, 1.82) is 0 Å². The summed E-state index contributed by atoms with van der Waals surface area (Å²) in [6.07, 6.45) is 1.07. The molecule has 0 amide bonds. The van der Waals surface area contributed by atoms with E-state index in [1.807, 2.05) is 0 Å². The second-order valence-electron chi connectivity index (χ2n) is 3.53. The summed E-state index contributed by atoms with van der Waals surface area (Å²) < 4.78 is 5.72. The Morgan fingerprint density at radius 1 is 1.62 bits per heavy atom. The fourth-order valence-corrected chi connectivity index (χ4v) is 2.23. The molecule has 0 N–H and O–H groups in total. The molecule has 110 valence electrons. The minimum Gasteiger partial charge on any atom is -0.468 e. The van der Waals surface area contributed by atoms with Crippen molar-refractivity contribution in [2.24, 2.45) is 0 Å². The van der Waals surface area contributed by atoms with Gasteiger partial charge in [-0.25, -0.2) is 9.67 Å². The molecule has 0 spiro atoms. The van der Waals surface area contributed by atoms with Gasteiger partial charge in [0.25, 0.3) is 5.69 Å². The Labute approximate surface area is 126 Å². The maximum absolute atomic E-state index is 11.2. The third-order valence-electron chi connectivity index (χ3n) is 2.20. The van der Waals surface area contributed by atoms with E-state index in [9.17, 15) is 14.9 Å². The monoisotopic (exact) mass is 330 g/mol. The quantitative estimate of drug-likeness (QED) is 0.447. The first-order valence-corrected chi connectivity index (χ1v) is 6.51. The predicted molar refractivity (Wildman–Crippen MR) is 69.9 cm³/mol. The summed E-state index contributed by atoms with van der Waals surface area (Å²) >= 11 is 6.89. The Hall–Kier alpha value is -2.27. The van der Waals surface area contributed by atoms with Crippen LogP contribution in [0, 0.1) is 10.1 Å². The average Bonchev–Trinajstić information content (AvgIpc) is 2.87. The highest BCUT2D eigenvalue weighted by atomic mass is 35.5. The van der Waals surface area contributed by atoms with Crippen molar-refractivity contribution < 1.29 is 14.5 Å². The van der Waals surface area contributed by atoms with Crippen LogP contribution >= 0.6 is 23.4 Å². The van der Waals surface area contributed by atoms with Crippen LogP contribution in [0.2, 0.25) is 5.02 Å². The van der Waals surface area contributed by atoms with Gasteiger partial charge in [0.2, 0.25) is 5.16 Å². The Bertz CT molecular complexity index is 693. The maximum Gasteiger partial charge on any atom is 0.327 e. The lowest BCUT2D eigenvalue weighted by molar-refractivity contribution is -0.385. The van der Waals surface area contributed by atoms with Crippen LogP contribution in [0.15, 0.2) is 22.4 Å². The number of aromatic nitrogens is 5.